The Labute approximate surface area is 129 Å². The minimum atomic E-state index is 0.168. The quantitative estimate of drug-likeness (QED) is 0.730. The zero-order chi connectivity index (χ0) is 15.8. The Hall–Kier alpha value is -1.06. The van der Waals surface area contributed by atoms with Gasteiger partial charge >= 0.3 is 0 Å². The van der Waals surface area contributed by atoms with Crippen molar-refractivity contribution >= 4 is 0 Å². The highest BCUT2D eigenvalue weighted by molar-refractivity contribution is 5.40. The Kier molecular flexibility index (Phi) is 7.76. The van der Waals surface area contributed by atoms with Gasteiger partial charge in [-0.05, 0) is 61.3 Å². The van der Waals surface area contributed by atoms with Gasteiger partial charge in [0.05, 0.1) is 6.61 Å². The van der Waals surface area contributed by atoms with E-state index in [0.717, 1.165) is 18.6 Å². The summed E-state index contributed by atoms with van der Waals surface area (Å²) in [4.78, 5) is 0. The summed E-state index contributed by atoms with van der Waals surface area (Å²) in [7, 11) is 0. The second-order valence-corrected chi connectivity index (χ2v) is 6.01. The van der Waals surface area contributed by atoms with E-state index in [1.165, 1.54) is 11.1 Å². The molecule has 0 saturated heterocycles. The lowest BCUT2D eigenvalue weighted by Crippen LogP contribution is -2.20. The Morgan fingerprint density at radius 1 is 1.24 bits per heavy atom. The molecular formula is C18H31NO2. The minimum Gasteiger partial charge on any atom is -0.494 e. The molecular weight excluding hydrogens is 262 g/mol. The van der Waals surface area contributed by atoms with Crippen molar-refractivity contribution < 1.29 is 9.84 Å². The van der Waals surface area contributed by atoms with Gasteiger partial charge in [-0.3, -0.25) is 0 Å². The Morgan fingerprint density at radius 3 is 2.43 bits per heavy atom. The van der Waals surface area contributed by atoms with Crippen LogP contribution in [0.5, 0.6) is 5.75 Å². The Bertz CT molecular complexity index is 414. The fourth-order valence-electron chi connectivity index (χ4n) is 2.75. The number of rotatable bonds is 9. The molecule has 3 nitrogen and oxygen atoms in total. The third-order valence-electron chi connectivity index (χ3n) is 4.13. The first-order valence-corrected chi connectivity index (χ1v) is 8.14. The molecule has 0 aromatic heterocycles. The molecule has 2 atom stereocenters. The summed E-state index contributed by atoms with van der Waals surface area (Å²) in [5.74, 6) is 2.05. The van der Waals surface area contributed by atoms with E-state index in [1.54, 1.807) is 0 Å². The van der Waals surface area contributed by atoms with E-state index >= 15 is 0 Å². The first-order valence-electron chi connectivity index (χ1n) is 8.14. The third-order valence-corrected chi connectivity index (χ3v) is 4.13. The third kappa shape index (κ3) is 5.01. The van der Waals surface area contributed by atoms with Gasteiger partial charge in [0.25, 0.3) is 0 Å². The fraction of sp³-hybridized carbons (Fsp3) is 0.667. The van der Waals surface area contributed by atoms with E-state index in [9.17, 15) is 5.11 Å². The van der Waals surface area contributed by atoms with E-state index in [1.807, 2.05) is 6.92 Å². The zero-order valence-electron chi connectivity index (χ0n) is 13.9. The van der Waals surface area contributed by atoms with Crippen molar-refractivity contribution in [1.29, 1.82) is 0 Å². The monoisotopic (exact) mass is 293 g/mol. The van der Waals surface area contributed by atoms with Crippen LogP contribution in [0.3, 0.4) is 0 Å². The number of aliphatic hydroxyl groups is 1. The molecule has 0 bridgehead atoms. The second-order valence-electron chi connectivity index (χ2n) is 6.01. The largest absolute Gasteiger partial charge is 0.494 e. The lowest BCUT2D eigenvalue weighted by atomic mass is 9.85. The van der Waals surface area contributed by atoms with Crippen LogP contribution in [0, 0.1) is 5.92 Å². The molecule has 0 radical (unpaired) electrons. The van der Waals surface area contributed by atoms with Crippen molar-refractivity contribution in [1.82, 2.24) is 0 Å². The summed E-state index contributed by atoms with van der Waals surface area (Å²) in [6, 6.07) is 6.53. The van der Waals surface area contributed by atoms with Gasteiger partial charge in [0.2, 0.25) is 0 Å². The first-order chi connectivity index (χ1) is 10.1. The summed E-state index contributed by atoms with van der Waals surface area (Å²) in [6.07, 6.45) is 2.00. The molecule has 0 heterocycles. The molecule has 0 saturated carbocycles. The number of aliphatic hydroxyl groups excluding tert-OH is 1. The van der Waals surface area contributed by atoms with Crippen LogP contribution in [0.1, 0.15) is 63.5 Å². The molecule has 0 fully saturated rings. The Morgan fingerprint density at radius 2 is 1.95 bits per heavy atom. The smallest absolute Gasteiger partial charge is 0.122 e. The molecule has 21 heavy (non-hydrogen) atoms. The van der Waals surface area contributed by atoms with Crippen LogP contribution in [-0.4, -0.2) is 24.9 Å². The standard InChI is InChI=1S/C18H31NO2/c1-5-15(9-14(11-19)12-20)16-7-8-18(21-6-2)17(10-16)13(3)4/h7-8,10,13-15,20H,5-6,9,11-12,19H2,1-4H3. The summed E-state index contributed by atoms with van der Waals surface area (Å²) in [5.41, 5.74) is 8.32. The van der Waals surface area contributed by atoms with Crippen molar-refractivity contribution in [2.45, 2.75) is 52.4 Å². The normalized spacial score (nSPS) is 14.2. The number of hydrogen-bond donors (Lipinski definition) is 2. The molecule has 0 amide bonds. The van der Waals surface area contributed by atoms with Gasteiger partial charge in [-0.2, -0.15) is 0 Å². The highest BCUT2D eigenvalue weighted by Crippen LogP contribution is 2.33. The van der Waals surface area contributed by atoms with E-state index < -0.39 is 0 Å². The molecule has 0 aliphatic heterocycles. The van der Waals surface area contributed by atoms with Gasteiger partial charge < -0.3 is 15.6 Å². The van der Waals surface area contributed by atoms with Crippen LogP contribution < -0.4 is 10.5 Å². The maximum Gasteiger partial charge on any atom is 0.122 e. The van der Waals surface area contributed by atoms with Crippen LogP contribution in [0.25, 0.3) is 0 Å². The molecule has 2 unspecified atom stereocenters. The number of benzene rings is 1. The van der Waals surface area contributed by atoms with Gasteiger partial charge in [0.1, 0.15) is 5.75 Å². The molecule has 0 spiro atoms. The fourth-order valence-corrected chi connectivity index (χ4v) is 2.75. The van der Waals surface area contributed by atoms with Gasteiger partial charge in [-0.15, -0.1) is 0 Å². The highest BCUT2D eigenvalue weighted by atomic mass is 16.5. The molecule has 1 aromatic rings. The number of ether oxygens (including phenoxy) is 1. The van der Waals surface area contributed by atoms with Crippen molar-refractivity contribution in [3.63, 3.8) is 0 Å². The summed E-state index contributed by atoms with van der Waals surface area (Å²) >= 11 is 0. The van der Waals surface area contributed by atoms with E-state index in [-0.39, 0.29) is 12.5 Å². The van der Waals surface area contributed by atoms with Crippen LogP contribution in [0.2, 0.25) is 0 Å². The summed E-state index contributed by atoms with van der Waals surface area (Å²) < 4.78 is 5.73. The minimum absolute atomic E-state index is 0.168. The topological polar surface area (TPSA) is 55.5 Å². The first kappa shape index (κ1) is 18.0. The van der Waals surface area contributed by atoms with E-state index in [0.29, 0.717) is 25.0 Å². The Balaban J connectivity index is 3.01. The molecule has 3 heteroatoms. The van der Waals surface area contributed by atoms with Gasteiger partial charge in [0, 0.05) is 6.61 Å². The lowest BCUT2D eigenvalue weighted by Gasteiger charge is -2.23. The van der Waals surface area contributed by atoms with Gasteiger partial charge in [-0.25, -0.2) is 0 Å². The van der Waals surface area contributed by atoms with Gasteiger partial charge in [-0.1, -0.05) is 32.9 Å². The van der Waals surface area contributed by atoms with Crippen molar-refractivity contribution in [3.05, 3.63) is 29.3 Å². The SMILES string of the molecule is CCOc1ccc(C(CC)CC(CN)CO)cc1C(C)C. The predicted octanol–water partition coefficient (Wildman–Crippen LogP) is 3.66. The number of hydrogen-bond acceptors (Lipinski definition) is 3. The van der Waals surface area contributed by atoms with E-state index in [2.05, 4.69) is 39.0 Å². The molecule has 0 aliphatic rings. The van der Waals surface area contributed by atoms with Crippen LogP contribution in [-0.2, 0) is 0 Å². The lowest BCUT2D eigenvalue weighted by molar-refractivity contribution is 0.214. The maximum absolute atomic E-state index is 9.37. The number of nitrogens with two attached hydrogens (primary N) is 1. The molecule has 0 aliphatic carbocycles. The molecule has 1 rings (SSSR count). The van der Waals surface area contributed by atoms with Crippen molar-refractivity contribution in [3.8, 4) is 5.75 Å². The van der Waals surface area contributed by atoms with Crippen LogP contribution in [0.15, 0.2) is 18.2 Å². The molecule has 120 valence electrons. The average molecular weight is 293 g/mol. The molecule has 3 N–H and O–H groups in total. The van der Waals surface area contributed by atoms with Gasteiger partial charge in [0.15, 0.2) is 0 Å². The van der Waals surface area contributed by atoms with Crippen molar-refractivity contribution in [2.75, 3.05) is 19.8 Å². The average Bonchev–Trinajstić information content (AvgIpc) is 2.49. The summed E-state index contributed by atoms with van der Waals surface area (Å²) in [6.45, 7) is 10.00. The predicted molar refractivity (Wildman–Crippen MR) is 89.0 cm³/mol. The van der Waals surface area contributed by atoms with E-state index in [4.69, 9.17) is 10.5 Å². The van der Waals surface area contributed by atoms with Crippen LogP contribution in [0.4, 0.5) is 0 Å². The molecule has 1 aromatic carbocycles. The second kappa shape index (κ2) is 9.06. The zero-order valence-corrected chi connectivity index (χ0v) is 13.9. The summed E-state index contributed by atoms with van der Waals surface area (Å²) in [5, 5.41) is 9.37. The van der Waals surface area contributed by atoms with Crippen LogP contribution >= 0.6 is 0 Å². The maximum atomic E-state index is 9.37. The highest BCUT2D eigenvalue weighted by Gasteiger charge is 2.18. The van der Waals surface area contributed by atoms with Crippen molar-refractivity contribution in [2.24, 2.45) is 11.7 Å².